The Labute approximate surface area is 104 Å². The van der Waals surface area contributed by atoms with Gasteiger partial charge in [-0.25, -0.2) is 13.2 Å². The van der Waals surface area contributed by atoms with Gasteiger partial charge in [-0.15, -0.1) is 17.8 Å². The lowest BCUT2D eigenvalue weighted by Crippen LogP contribution is -2.26. The highest BCUT2D eigenvalue weighted by molar-refractivity contribution is 7.91. The van der Waals surface area contributed by atoms with Crippen molar-refractivity contribution in [2.75, 3.05) is 13.6 Å². The van der Waals surface area contributed by atoms with Gasteiger partial charge in [0.1, 0.15) is 9.09 Å². The maximum absolute atomic E-state index is 12.0. The average molecular weight is 273 g/mol. The van der Waals surface area contributed by atoms with Gasteiger partial charge in [0, 0.05) is 7.05 Å². The Morgan fingerprint density at radius 1 is 1.65 bits per heavy atom. The lowest BCUT2D eigenvalue weighted by Gasteiger charge is -2.11. The van der Waals surface area contributed by atoms with E-state index in [1.807, 2.05) is 0 Å². The van der Waals surface area contributed by atoms with E-state index in [4.69, 9.17) is 11.5 Å². The zero-order valence-corrected chi connectivity index (χ0v) is 10.9. The van der Waals surface area contributed by atoms with Crippen LogP contribution in [0, 0.1) is 19.3 Å². The van der Waals surface area contributed by atoms with Crippen LogP contribution in [0.25, 0.3) is 0 Å². The summed E-state index contributed by atoms with van der Waals surface area (Å²) in [6.07, 6.45) is 5.04. The summed E-state index contributed by atoms with van der Waals surface area (Å²) in [6, 6.07) is 1.34. The monoisotopic (exact) mass is 273 g/mol. The second kappa shape index (κ2) is 4.87. The Kier molecular flexibility index (Phi) is 3.93. The summed E-state index contributed by atoms with van der Waals surface area (Å²) in [6.45, 7) is 1.50. The molecular weight excluding hydrogens is 262 g/mol. The molecule has 1 aromatic heterocycles. The lowest BCUT2D eigenvalue weighted by atomic mass is 10.3. The zero-order valence-electron chi connectivity index (χ0n) is 9.30. The third kappa shape index (κ3) is 2.66. The van der Waals surface area contributed by atoms with Crippen LogP contribution < -0.4 is 0 Å². The summed E-state index contributed by atoms with van der Waals surface area (Å²) < 4.78 is 24.9. The maximum atomic E-state index is 12.0. The van der Waals surface area contributed by atoms with Crippen molar-refractivity contribution in [2.45, 2.75) is 11.1 Å². The van der Waals surface area contributed by atoms with E-state index < -0.39 is 16.0 Å². The van der Waals surface area contributed by atoms with Gasteiger partial charge >= 0.3 is 5.97 Å². The normalized spacial score (nSPS) is 11.4. The predicted molar refractivity (Wildman–Crippen MR) is 64.7 cm³/mol. The van der Waals surface area contributed by atoms with Gasteiger partial charge in [-0.3, -0.25) is 0 Å². The molecule has 0 aliphatic heterocycles. The molecule has 0 aliphatic rings. The first kappa shape index (κ1) is 13.7. The summed E-state index contributed by atoms with van der Waals surface area (Å²) in [5.41, 5.74) is 0.426. The molecule has 17 heavy (non-hydrogen) atoms. The van der Waals surface area contributed by atoms with Crippen LogP contribution in [0.5, 0.6) is 0 Å². The molecule has 5 nitrogen and oxygen atoms in total. The molecule has 0 bridgehead atoms. The molecule has 0 saturated carbocycles. The van der Waals surface area contributed by atoms with Gasteiger partial charge in [0.05, 0.1) is 6.54 Å². The first-order valence-corrected chi connectivity index (χ1v) is 6.80. The quantitative estimate of drug-likeness (QED) is 0.831. The van der Waals surface area contributed by atoms with Crippen molar-refractivity contribution in [3.8, 4) is 12.3 Å². The molecule has 7 heteroatoms. The van der Waals surface area contributed by atoms with E-state index in [0.29, 0.717) is 5.56 Å². The van der Waals surface area contributed by atoms with Gasteiger partial charge in [-0.2, -0.15) is 4.31 Å². The van der Waals surface area contributed by atoms with Crippen LogP contribution in [0.4, 0.5) is 0 Å². The molecule has 0 unspecified atom stereocenters. The Bertz CT molecular complexity index is 580. The number of thiophene rings is 1. The summed E-state index contributed by atoms with van der Waals surface area (Å²) >= 11 is 0.731. The summed E-state index contributed by atoms with van der Waals surface area (Å²) in [4.78, 5) is 10.9. The highest BCUT2D eigenvalue weighted by Crippen LogP contribution is 2.27. The van der Waals surface area contributed by atoms with Crippen LogP contribution in [-0.2, 0) is 10.0 Å². The number of terminal acetylenes is 1. The molecular formula is C10H11NO4S2. The van der Waals surface area contributed by atoms with Gasteiger partial charge in [0.15, 0.2) is 0 Å². The van der Waals surface area contributed by atoms with Crippen LogP contribution >= 0.6 is 11.3 Å². The fourth-order valence-corrected chi connectivity index (χ4v) is 3.83. The fourth-order valence-electron chi connectivity index (χ4n) is 1.16. The molecule has 0 amide bonds. The standard InChI is InChI=1S/C10H11NO4S2/c1-4-5-11(3)17(14,15)8-6-7(2)9(16-8)10(12)13/h1,6H,5H2,2-3H3,(H,12,13). The van der Waals surface area contributed by atoms with E-state index in [-0.39, 0.29) is 15.6 Å². The van der Waals surface area contributed by atoms with E-state index in [1.165, 1.54) is 13.1 Å². The minimum absolute atomic E-state index is 0.00912. The number of hydrogen-bond acceptors (Lipinski definition) is 4. The molecule has 1 N–H and O–H groups in total. The van der Waals surface area contributed by atoms with Crippen molar-refractivity contribution in [1.82, 2.24) is 4.31 Å². The largest absolute Gasteiger partial charge is 0.477 e. The molecule has 1 rings (SSSR count). The van der Waals surface area contributed by atoms with Crippen molar-refractivity contribution < 1.29 is 18.3 Å². The summed E-state index contributed by atoms with van der Waals surface area (Å²) in [5.74, 6) is 1.09. The zero-order chi connectivity index (χ0) is 13.2. The molecule has 0 saturated heterocycles. The maximum Gasteiger partial charge on any atom is 0.346 e. The van der Waals surface area contributed by atoms with Gasteiger partial charge in [0.2, 0.25) is 0 Å². The molecule has 0 fully saturated rings. The Balaban J connectivity index is 3.22. The van der Waals surface area contributed by atoms with Crippen LogP contribution in [0.2, 0.25) is 0 Å². The van der Waals surface area contributed by atoms with Gasteiger partial charge in [0.25, 0.3) is 10.0 Å². The molecule has 0 radical (unpaired) electrons. The van der Waals surface area contributed by atoms with E-state index in [2.05, 4.69) is 5.92 Å². The Hall–Kier alpha value is -1.36. The smallest absolute Gasteiger partial charge is 0.346 e. The minimum Gasteiger partial charge on any atom is -0.477 e. The highest BCUT2D eigenvalue weighted by Gasteiger charge is 2.25. The van der Waals surface area contributed by atoms with Crippen molar-refractivity contribution in [3.05, 3.63) is 16.5 Å². The van der Waals surface area contributed by atoms with Gasteiger partial charge < -0.3 is 5.11 Å². The van der Waals surface area contributed by atoms with E-state index in [0.717, 1.165) is 15.6 Å². The number of aryl methyl sites for hydroxylation is 1. The summed E-state index contributed by atoms with van der Waals surface area (Å²) in [7, 11) is -2.34. The molecule has 92 valence electrons. The number of carbonyl (C=O) groups is 1. The second-order valence-electron chi connectivity index (χ2n) is 3.35. The number of hydrogen-bond donors (Lipinski definition) is 1. The number of aromatic carboxylic acids is 1. The third-order valence-electron chi connectivity index (χ3n) is 2.07. The van der Waals surface area contributed by atoms with Crippen LogP contribution in [0.15, 0.2) is 10.3 Å². The Morgan fingerprint density at radius 3 is 2.65 bits per heavy atom. The number of nitrogens with zero attached hydrogens (tertiary/aromatic N) is 1. The number of sulfonamides is 1. The Morgan fingerprint density at radius 2 is 2.24 bits per heavy atom. The molecule has 0 atom stereocenters. The molecule has 0 spiro atoms. The van der Waals surface area contributed by atoms with Crippen molar-refractivity contribution in [1.29, 1.82) is 0 Å². The second-order valence-corrected chi connectivity index (χ2v) is 6.67. The SMILES string of the molecule is C#CCN(C)S(=O)(=O)c1cc(C)c(C(=O)O)s1. The first-order chi connectivity index (χ1) is 7.80. The van der Waals surface area contributed by atoms with E-state index >= 15 is 0 Å². The van der Waals surface area contributed by atoms with Crippen LogP contribution in [-0.4, -0.2) is 37.4 Å². The van der Waals surface area contributed by atoms with Gasteiger partial charge in [-0.1, -0.05) is 5.92 Å². The lowest BCUT2D eigenvalue weighted by molar-refractivity contribution is 0.0701. The third-order valence-corrected chi connectivity index (χ3v) is 5.55. The van der Waals surface area contributed by atoms with Crippen molar-refractivity contribution in [2.24, 2.45) is 0 Å². The van der Waals surface area contributed by atoms with E-state index in [9.17, 15) is 13.2 Å². The van der Waals surface area contributed by atoms with Crippen LogP contribution in [0.1, 0.15) is 15.2 Å². The molecule has 1 heterocycles. The number of rotatable bonds is 4. The highest BCUT2D eigenvalue weighted by atomic mass is 32.2. The van der Waals surface area contributed by atoms with Crippen molar-refractivity contribution in [3.63, 3.8) is 0 Å². The van der Waals surface area contributed by atoms with Crippen LogP contribution in [0.3, 0.4) is 0 Å². The predicted octanol–water partition coefficient (Wildman–Crippen LogP) is 1.01. The molecule has 1 aromatic rings. The number of carboxylic acids is 1. The fraction of sp³-hybridized carbons (Fsp3) is 0.300. The molecule has 0 aliphatic carbocycles. The topological polar surface area (TPSA) is 74.7 Å². The number of carboxylic acid groups (broad SMARTS) is 1. The van der Waals surface area contributed by atoms with Gasteiger partial charge in [-0.05, 0) is 18.6 Å². The minimum atomic E-state index is -3.69. The molecule has 0 aromatic carbocycles. The summed E-state index contributed by atoms with van der Waals surface area (Å²) in [5, 5.41) is 8.86. The average Bonchev–Trinajstić information content (AvgIpc) is 2.61. The van der Waals surface area contributed by atoms with E-state index in [1.54, 1.807) is 6.92 Å². The van der Waals surface area contributed by atoms with Crippen molar-refractivity contribution >= 4 is 27.3 Å². The first-order valence-electron chi connectivity index (χ1n) is 4.54.